The van der Waals surface area contributed by atoms with Crippen molar-refractivity contribution in [1.82, 2.24) is 0 Å². The molecule has 3 aliphatic carbocycles. The van der Waals surface area contributed by atoms with E-state index in [4.69, 9.17) is 4.74 Å². The van der Waals surface area contributed by atoms with Crippen LogP contribution in [0.25, 0.3) is 0 Å². The van der Waals surface area contributed by atoms with E-state index in [9.17, 15) is 24.9 Å². The number of aliphatic hydroxyl groups is 3. The first-order chi connectivity index (χ1) is 12.0. The predicted molar refractivity (Wildman–Crippen MR) is 92.1 cm³/mol. The van der Waals surface area contributed by atoms with Gasteiger partial charge in [-0.15, -0.1) is 0 Å². The molecule has 3 N–H and O–H groups in total. The Labute approximate surface area is 153 Å². The Bertz CT molecular complexity index is 653. The zero-order valence-electron chi connectivity index (χ0n) is 15.9. The maximum atomic E-state index is 13.5. The summed E-state index contributed by atoms with van der Waals surface area (Å²) in [5.74, 6) is -2.89. The Balaban J connectivity index is 1.81. The van der Waals surface area contributed by atoms with Crippen LogP contribution in [0, 0.1) is 35.0 Å². The van der Waals surface area contributed by atoms with Crippen LogP contribution < -0.4 is 0 Å². The number of Topliss-reactive ketones (excluding diaryl/α,β-unsaturated/α-hetero) is 2. The molecule has 0 amide bonds. The summed E-state index contributed by atoms with van der Waals surface area (Å²) in [6.07, 6.45) is -0.683. The molecule has 1 saturated heterocycles. The SMILES string of the molecule is CC(=O)[C@H]1C(=O)[C@@]2(O)C[C@H](C)[C@H](O)[C@@H]2[C@@H](O)[C@]2(CC[C@H]3[C@@H]1C3(C)C)CO2. The van der Waals surface area contributed by atoms with Gasteiger partial charge in [-0.05, 0) is 49.4 Å². The largest absolute Gasteiger partial charge is 0.392 e. The maximum Gasteiger partial charge on any atom is 0.175 e. The second-order valence-electron chi connectivity index (χ2n) is 9.87. The first-order valence-corrected chi connectivity index (χ1v) is 9.74. The van der Waals surface area contributed by atoms with E-state index in [2.05, 4.69) is 13.8 Å². The third kappa shape index (κ3) is 2.25. The van der Waals surface area contributed by atoms with Gasteiger partial charge in [-0.2, -0.15) is 0 Å². The lowest BCUT2D eigenvalue weighted by Crippen LogP contribution is -2.57. The van der Waals surface area contributed by atoms with Crippen LogP contribution in [0.1, 0.15) is 47.0 Å². The Morgan fingerprint density at radius 2 is 1.85 bits per heavy atom. The number of ketones is 2. The van der Waals surface area contributed by atoms with Gasteiger partial charge in [0.15, 0.2) is 5.78 Å². The summed E-state index contributed by atoms with van der Waals surface area (Å²) in [6.45, 7) is 7.68. The highest BCUT2D eigenvalue weighted by molar-refractivity contribution is 6.06. The summed E-state index contributed by atoms with van der Waals surface area (Å²) < 4.78 is 5.61. The molecule has 0 aromatic rings. The van der Waals surface area contributed by atoms with Gasteiger partial charge in [-0.1, -0.05) is 20.8 Å². The Morgan fingerprint density at radius 1 is 1.23 bits per heavy atom. The van der Waals surface area contributed by atoms with Gasteiger partial charge >= 0.3 is 0 Å². The Kier molecular flexibility index (Phi) is 3.83. The third-order valence-corrected chi connectivity index (χ3v) is 8.05. The fourth-order valence-corrected chi connectivity index (χ4v) is 6.25. The van der Waals surface area contributed by atoms with Crippen LogP contribution in [0.4, 0.5) is 0 Å². The van der Waals surface area contributed by atoms with Crippen molar-refractivity contribution in [3.05, 3.63) is 0 Å². The molecule has 6 heteroatoms. The van der Waals surface area contributed by atoms with Gasteiger partial charge in [0.05, 0.1) is 30.7 Å². The lowest BCUT2D eigenvalue weighted by molar-refractivity contribution is -0.162. The molecule has 1 aliphatic heterocycles. The number of rotatable bonds is 1. The second-order valence-corrected chi connectivity index (χ2v) is 9.87. The highest BCUT2D eigenvalue weighted by atomic mass is 16.6. The molecule has 4 rings (SSSR count). The predicted octanol–water partition coefficient (Wildman–Crippen LogP) is 0.705. The fourth-order valence-electron chi connectivity index (χ4n) is 6.25. The van der Waals surface area contributed by atoms with Crippen LogP contribution in [0.3, 0.4) is 0 Å². The van der Waals surface area contributed by atoms with E-state index in [0.717, 1.165) is 6.42 Å². The molecule has 6 nitrogen and oxygen atoms in total. The zero-order chi connectivity index (χ0) is 19.2. The first-order valence-electron chi connectivity index (χ1n) is 9.74. The molecule has 0 unspecified atom stereocenters. The van der Waals surface area contributed by atoms with Crippen molar-refractivity contribution in [3.63, 3.8) is 0 Å². The normalized spacial score (nSPS) is 55.2. The van der Waals surface area contributed by atoms with Gasteiger partial charge in [-0.25, -0.2) is 0 Å². The van der Waals surface area contributed by atoms with Crippen LogP contribution in [0.2, 0.25) is 0 Å². The standard InChI is InChI=1S/C20H30O6/c1-9-7-20(25)14(15(9)22)17(24)19(8-26-19)6-5-11-13(18(11,3)4)12(10(2)21)16(20)23/h9,11-15,17,22,24-25H,5-8H2,1-4H3/t9-,11-,12+,13-,14+,15-,17+,19-,20+/m0/s1. The van der Waals surface area contributed by atoms with Gasteiger partial charge in [0.1, 0.15) is 17.0 Å². The number of hydrogen-bond acceptors (Lipinski definition) is 6. The minimum absolute atomic E-state index is 0.0619. The van der Waals surface area contributed by atoms with Crippen molar-refractivity contribution in [3.8, 4) is 0 Å². The van der Waals surface area contributed by atoms with E-state index in [1.165, 1.54) is 6.92 Å². The summed E-state index contributed by atoms with van der Waals surface area (Å²) in [6, 6.07) is 0. The van der Waals surface area contributed by atoms with E-state index in [1.54, 1.807) is 6.92 Å². The number of fused-ring (bicyclic) bond motifs is 2. The van der Waals surface area contributed by atoms with E-state index >= 15 is 0 Å². The Morgan fingerprint density at radius 3 is 2.38 bits per heavy atom. The number of carbonyl (C=O) groups is 2. The summed E-state index contributed by atoms with van der Waals surface area (Å²) in [5, 5.41) is 33.1. The number of hydrogen-bond donors (Lipinski definition) is 3. The molecule has 0 aromatic carbocycles. The highest BCUT2D eigenvalue weighted by Crippen LogP contribution is 2.66. The fraction of sp³-hybridized carbons (Fsp3) is 0.900. The lowest BCUT2D eigenvalue weighted by Gasteiger charge is -2.38. The maximum absolute atomic E-state index is 13.5. The van der Waals surface area contributed by atoms with Gasteiger partial charge in [0.2, 0.25) is 0 Å². The van der Waals surface area contributed by atoms with Gasteiger partial charge in [0, 0.05) is 0 Å². The second kappa shape index (κ2) is 5.37. The van der Waals surface area contributed by atoms with E-state index in [1.807, 2.05) is 0 Å². The van der Waals surface area contributed by atoms with Gasteiger partial charge in [0.25, 0.3) is 0 Å². The first kappa shape index (κ1) is 18.5. The molecular weight excluding hydrogens is 336 g/mol. The molecule has 9 atom stereocenters. The molecule has 1 heterocycles. The number of epoxide rings is 1. The van der Waals surface area contributed by atoms with Crippen molar-refractivity contribution < 1.29 is 29.6 Å². The van der Waals surface area contributed by atoms with Crippen LogP contribution in [0.5, 0.6) is 0 Å². The highest BCUT2D eigenvalue weighted by Gasteiger charge is 2.71. The van der Waals surface area contributed by atoms with E-state index in [-0.39, 0.29) is 35.4 Å². The van der Waals surface area contributed by atoms with Gasteiger partial charge in [-0.3, -0.25) is 9.59 Å². The molecule has 3 saturated carbocycles. The van der Waals surface area contributed by atoms with E-state index in [0.29, 0.717) is 13.0 Å². The Hall–Kier alpha value is -0.820. The average Bonchev–Trinajstić information content (AvgIpc) is 3.39. The molecular formula is C20H30O6. The summed E-state index contributed by atoms with van der Waals surface area (Å²) >= 11 is 0. The molecule has 0 radical (unpaired) electrons. The lowest BCUT2D eigenvalue weighted by atomic mass is 9.71. The average molecular weight is 366 g/mol. The molecule has 0 bridgehead atoms. The van der Waals surface area contributed by atoms with Gasteiger partial charge < -0.3 is 20.1 Å². The summed E-state index contributed by atoms with van der Waals surface area (Å²) in [5.41, 5.74) is -2.84. The molecule has 1 spiro atoms. The molecule has 26 heavy (non-hydrogen) atoms. The van der Waals surface area contributed by atoms with Crippen molar-refractivity contribution >= 4 is 11.6 Å². The smallest absolute Gasteiger partial charge is 0.175 e. The minimum atomic E-state index is -1.89. The summed E-state index contributed by atoms with van der Waals surface area (Å²) in [7, 11) is 0. The zero-order valence-corrected chi connectivity index (χ0v) is 15.9. The molecule has 146 valence electrons. The van der Waals surface area contributed by atoms with Crippen LogP contribution in [0.15, 0.2) is 0 Å². The van der Waals surface area contributed by atoms with Crippen LogP contribution in [-0.2, 0) is 14.3 Å². The van der Waals surface area contributed by atoms with Crippen molar-refractivity contribution in [2.75, 3.05) is 6.61 Å². The van der Waals surface area contributed by atoms with Crippen molar-refractivity contribution in [2.24, 2.45) is 35.0 Å². The summed E-state index contributed by atoms with van der Waals surface area (Å²) in [4.78, 5) is 25.9. The number of carbonyl (C=O) groups excluding carboxylic acids is 2. The van der Waals surface area contributed by atoms with Crippen LogP contribution in [-0.4, -0.2) is 56.9 Å². The monoisotopic (exact) mass is 366 g/mol. The molecule has 4 aliphatic rings. The topological polar surface area (TPSA) is 107 Å². The molecule has 4 fully saturated rings. The van der Waals surface area contributed by atoms with Crippen LogP contribution >= 0.6 is 0 Å². The minimum Gasteiger partial charge on any atom is -0.392 e. The molecule has 0 aromatic heterocycles. The van der Waals surface area contributed by atoms with Crippen molar-refractivity contribution in [1.29, 1.82) is 0 Å². The van der Waals surface area contributed by atoms with E-state index < -0.39 is 41.0 Å². The number of ether oxygens (including phenoxy) is 1. The third-order valence-electron chi connectivity index (χ3n) is 8.05. The van der Waals surface area contributed by atoms with Crippen molar-refractivity contribution in [2.45, 2.75) is 70.4 Å². The quantitative estimate of drug-likeness (QED) is 0.466. The number of aliphatic hydroxyl groups excluding tert-OH is 2.